The molecule has 0 saturated carbocycles. The Labute approximate surface area is 99.9 Å². The van der Waals surface area contributed by atoms with Crippen LogP contribution in [0.25, 0.3) is 0 Å². The van der Waals surface area contributed by atoms with Gasteiger partial charge in [-0.15, -0.1) is 0 Å². The van der Waals surface area contributed by atoms with E-state index in [0.29, 0.717) is 0 Å². The summed E-state index contributed by atoms with van der Waals surface area (Å²) in [5.74, 6) is 0.895. The minimum absolute atomic E-state index is 0.0979. The summed E-state index contributed by atoms with van der Waals surface area (Å²) in [6.07, 6.45) is 0.765. The lowest BCUT2D eigenvalue weighted by Gasteiger charge is -2.20. The molecule has 0 spiro atoms. The number of carbonyl (C=O) groups excluding carboxylic acids is 1. The SMILES string of the molecule is COc1cccc2c1Cc1ccccc1C2=O. The van der Waals surface area contributed by atoms with Gasteiger partial charge in [0.2, 0.25) is 0 Å². The molecule has 1 aliphatic rings. The molecule has 0 aromatic heterocycles. The standard InChI is InChI=1S/C15H12O2/c1-17-14-8-4-7-12-13(14)9-10-5-2-3-6-11(10)15(12)16/h2-8H,9H2,1H3. The van der Waals surface area contributed by atoms with Gasteiger partial charge in [-0.2, -0.15) is 0 Å². The molecule has 0 unspecified atom stereocenters. The first-order chi connectivity index (χ1) is 8.31. The molecule has 3 rings (SSSR count). The fourth-order valence-electron chi connectivity index (χ4n) is 2.38. The highest BCUT2D eigenvalue weighted by Gasteiger charge is 2.24. The molecule has 0 heterocycles. The zero-order valence-electron chi connectivity index (χ0n) is 9.57. The average molecular weight is 224 g/mol. The van der Waals surface area contributed by atoms with Gasteiger partial charge in [-0.05, 0) is 11.6 Å². The van der Waals surface area contributed by atoms with Gasteiger partial charge < -0.3 is 4.74 Å². The van der Waals surface area contributed by atoms with Crippen molar-refractivity contribution in [2.45, 2.75) is 6.42 Å². The molecule has 2 aromatic carbocycles. The van der Waals surface area contributed by atoms with Crippen molar-refractivity contribution in [3.05, 3.63) is 64.7 Å². The number of ketones is 1. The van der Waals surface area contributed by atoms with Gasteiger partial charge >= 0.3 is 0 Å². The normalized spacial score (nSPS) is 12.9. The minimum atomic E-state index is 0.0979. The second-order valence-electron chi connectivity index (χ2n) is 4.15. The monoisotopic (exact) mass is 224 g/mol. The highest BCUT2D eigenvalue weighted by atomic mass is 16.5. The minimum Gasteiger partial charge on any atom is -0.496 e. The molecule has 17 heavy (non-hydrogen) atoms. The Bertz CT molecular complexity index is 600. The van der Waals surface area contributed by atoms with Crippen LogP contribution in [0.2, 0.25) is 0 Å². The van der Waals surface area contributed by atoms with Crippen molar-refractivity contribution in [2.75, 3.05) is 7.11 Å². The highest BCUT2D eigenvalue weighted by molar-refractivity contribution is 6.12. The zero-order chi connectivity index (χ0) is 11.8. The third-order valence-corrected chi connectivity index (χ3v) is 3.23. The van der Waals surface area contributed by atoms with Crippen LogP contribution >= 0.6 is 0 Å². The Morgan fingerprint density at radius 2 is 1.76 bits per heavy atom. The van der Waals surface area contributed by atoms with E-state index in [9.17, 15) is 4.79 Å². The molecular formula is C15H12O2. The van der Waals surface area contributed by atoms with Crippen LogP contribution in [0.4, 0.5) is 0 Å². The van der Waals surface area contributed by atoms with Crippen molar-refractivity contribution in [3.8, 4) is 5.75 Å². The lowest BCUT2D eigenvalue weighted by molar-refractivity contribution is 0.103. The van der Waals surface area contributed by atoms with Crippen molar-refractivity contribution in [2.24, 2.45) is 0 Å². The predicted octanol–water partition coefficient (Wildman–Crippen LogP) is 2.83. The number of fused-ring (bicyclic) bond motifs is 2. The topological polar surface area (TPSA) is 26.3 Å². The second kappa shape index (κ2) is 3.74. The molecule has 1 aliphatic carbocycles. The summed E-state index contributed by atoms with van der Waals surface area (Å²) in [5, 5.41) is 0. The smallest absolute Gasteiger partial charge is 0.193 e. The third kappa shape index (κ3) is 1.45. The summed E-state index contributed by atoms with van der Waals surface area (Å²) in [6, 6.07) is 13.4. The number of carbonyl (C=O) groups is 1. The zero-order valence-corrected chi connectivity index (χ0v) is 9.57. The molecule has 0 aliphatic heterocycles. The van der Waals surface area contributed by atoms with E-state index in [2.05, 4.69) is 0 Å². The van der Waals surface area contributed by atoms with Gasteiger partial charge in [0.1, 0.15) is 5.75 Å². The van der Waals surface area contributed by atoms with Gasteiger partial charge in [-0.3, -0.25) is 4.79 Å². The van der Waals surface area contributed by atoms with Crippen molar-refractivity contribution in [1.82, 2.24) is 0 Å². The lowest BCUT2D eigenvalue weighted by Crippen LogP contribution is -2.15. The van der Waals surface area contributed by atoms with Crippen LogP contribution in [0, 0.1) is 0 Å². The summed E-state index contributed by atoms with van der Waals surface area (Å²) >= 11 is 0. The Kier molecular flexibility index (Phi) is 2.22. The number of ether oxygens (including phenoxy) is 1. The number of methoxy groups -OCH3 is 1. The molecule has 0 saturated heterocycles. The number of hydrogen-bond donors (Lipinski definition) is 0. The molecule has 0 atom stereocenters. The molecule has 0 fully saturated rings. The first-order valence-corrected chi connectivity index (χ1v) is 5.59. The van der Waals surface area contributed by atoms with E-state index < -0.39 is 0 Å². The molecule has 2 nitrogen and oxygen atoms in total. The van der Waals surface area contributed by atoms with Crippen LogP contribution in [0.1, 0.15) is 27.0 Å². The van der Waals surface area contributed by atoms with Crippen molar-refractivity contribution in [3.63, 3.8) is 0 Å². The number of rotatable bonds is 1. The van der Waals surface area contributed by atoms with Gasteiger partial charge in [-0.1, -0.05) is 36.4 Å². The Hall–Kier alpha value is -2.09. The first-order valence-electron chi connectivity index (χ1n) is 5.59. The van der Waals surface area contributed by atoms with E-state index in [0.717, 1.165) is 34.4 Å². The summed E-state index contributed by atoms with van der Waals surface area (Å²) in [7, 11) is 1.64. The van der Waals surface area contributed by atoms with Gasteiger partial charge in [0.05, 0.1) is 7.11 Å². The molecule has 84 valence electrons. The van der Waals surface area contributed by atoms with Crippen LogP contribution in [-0.2, 0) is 6.42 Å². The van der Waals surface area contributed by atoms with Gasteiger partial charge in [-0.25, -0.2) is 0 Å². The van der Waals surface area contributed by atoms with Crippen LogP contribution < -0.4 is 4.74 Å². The van der Waals surface area contributed by atoms with E-state index in [-0.39, 0.29) is 5.78 Å². The van der Waals surface area contributed by atoms with Crippen LogP contribution in [0.5, 0.6) is 5.75 Å². The van der Waals surface area contributed by atoms with Crippen molar-refractivity contribution >= 4 is 5.78 Å². The van der Waals surface area contributed by atoms with Gasteiger partial charge in [0.25, 0.3) is 0 Å². The molecule has 2 aromatic rings. The van der Waals surface area contributed by atoms with E-state index in [4.69, 9.17) is 4.74 Å². The largest absolute Gasteiger partial charge is 0.496 e. The summed E-state index contributed by atoms with van der Waals surface area (Å²) in [5.41, 5.74) is 3.66. The van der Waals surface area contributed by atoms with Crippen LogP contribution in [-0.4, -0.2) is 12.9 Å². The third-order valence-electron chi connectivity index (χ3n) is 3.23. The predicted molar refractivity (Wildman–Crippen MR) is 65.7 cm³/mol. The Balaban J connectivity index is 2.23. The van der Waals surface area contributed by atoms with E-state index in [1.807, 2.05) is 42.5 Å². The Morgan fingerprint density at radius 3 is 2.59 bits per heavy atom. The van der Waals surface area contributed by atoms with Crippen LogP contribution in [0.15, 0.2) is 42.5 Å². The quantitative estimate of drug-likeness (QED) is 0.635. The summed E-state index contributed by atoms with van der Waals surface area (Å²) in [4.78, 5) is 12.3. The fourth-order valence-corrected chi connectivity index (χ4v) is 2.38. The Morgan fingerprint density at radius 1 is 1.00 bits per heavy atom. The van der Waals surface area contributed by atoms with Gasteiger partial charge in [0, 0.05) is 23.1 Å². The molecule has 0 bridgehead atoms. The van der Waals surface area contributed by atoms with Crippen molar-refractivity contribution < 1.29 is 9.53 Å². The highest BCUT2D eigenvalue weighted by Crippen LogP contribution is 2.32. The summed E-state index contributed by atoms with van der Waals surface area (Å²) in [6.45, 7) is 0. The second-order valence-corrected chi connectivity index (χ2v) is 4.15. The average Bonchev–Trinajstić information content (AvgIpc) is 2.38. The molecule has 0 amide bonds. The number of hydrogen-bond acceptors (Lipinski definition) is 2. The van der Waals surface area contributed by atoms with Gasteiger partial charge in [0.15, 0.2) is 5.78 Å². The molecule has 2 heteroatoms. The summed E-state index contributed by atoms with van der Waals surface area (Å²) < 4.78 is 5.32. The first kappa shape index (κ1) is 10.1. The van der Waals surface area contributed by atoms with E-state index >= 15 is 0 Å². The lowest BCUT2D eigenvalue weighted by atomic mass is 9.85. The molecular weight excluding hydrogens is 212 g/mol. The van der Waals surface area contributed by atoms with E-state index in [1.165, 1.54) is 0 Å². The fraction of sp³-hybridized carbons (Fsp3) is 0.133. The van der Waals surface area contributed by atoms with Crippen LogP contribution in [0.3, 0.4) is 0 Å². The molecule has 0 N–H and O–H groups in total. The molecule has 0 radical (unpaired) electrons. The maximum absolute atomic E-state index is 12.3. The maximum Gasteiger partial charge on any atom is 0.193 e. The van der Waals surface area contributed by atoms with Crippen molar-refractivity contribution in [1.29, 1.82) is 0 Å². The van der Waals surface area contributed by atoms with E-state index in [1.54, 1.807) is 7.11 Å². The maximum atomic E-state index is 12.3. The number of benzene rings is 2.